The van der Waals surface area contributed by atoms with Crippen LogP contribution >= 0.6 is 0 Å². The lowest BCUT2D eigenvalue weighted by atomic mass is 9.92. The van der Waals surface area contributed by atoms with E-state index in [9.17, 15) is 53.3 Å². The van der Waals surface area contributed by atoms with E-state index in [-0.39, 0.29) is 33.7 Å². The van der Waals surface area contributed by atoms with Gasteiger partial charge in [-0.05, 0) is 96.6 Å². The number of Topliss-reactive ketones (excluding diaryl/α,β-unsaturated/α-hetero) is 1. The Bertz CT molecular complexity index is 3220. The minimum atomic E-state index is -5.14. The average molecular weight is 897 g/mol. The highest BCUT2D eigenvalue weighted by molar-refractivity contribution is 7.91. The summed E-state index contributed by atoms with van der Waals surface area (Å²) in [5, 5.41) is 18.6. The summed E-state index contributed by atoms with van der Waals surface area (Å²) in [7, 11) is -14.9. The maximum absolute atomic E-state index is 13.7. The number of carbonyl (C=O) groups excluding carboxylic acids is 3. The molecular formula is C39H28N8O12S3. The van der Waals surface area contributed by atoms with Crippen molar-refractivity contribution < 1.29 is 53.3 Å². The number of rotatable bonds is 11. The third-order valence-electron chi connectivity index (χ3n) is 8.98. The molecule has 23 heteroatoms. The average Bonchev–Trinajstić information content (AvgIpc) is 3.22. The number of para-hydroxylation sites is 1. The second-order valence-electron chi connectivity index (χ2n) is 13.1. The molecule has 0 bridgehead atoms. The second kappa shape index (κ2) is 16.5. The first-order valence-electron chi connectivity index (χ1n) is 17.5. The number of nitrogens with two attached hydrogens (primary N) is 1. The van der Waals surface area contributed by atoms with Crippen molar-refractivity contribution in [3.63, 3.8) is 0 Å². The molecule has 2 aliphatic rings. The van der Waals surface area contributed by atoms with Crippen LogP contribution in [0.3, 0.4) is 0 Å². The molecule has 20 nitrogen and oxygen atoms in total. The van der Waals surface area contributed by atoms with Gasteiger partial charge in [0.15, 0.2) is 11.5 Å². The number of fused-ring (bicyclic) bond motifs is 2. The van der Waals surface area contributed by atoms with Crippen LogP contribution in [0.2, 0.25) is 0 Å². The highest BCUT2D eigenvalue weighted by Crippen LogP contribution is 2.41. The lowest BCUT2D eigenvalue weighted by molar-refractivity contribution is 0.102. The van der Waals surface area contributed by atoms with Gasteiger partial charge in [-0.1, -0.05) is 30.3 Å². The molecule has 0 aromatic heterocycles. The van der Waals surface area contributed by atoms with Gasteiger partial charge in [0.25, 0.3) is 36.3 Å². The van der Waals surface area contributed by atoms with Crippen molar-refractivity contribution in [2.75, 3.05) is 21.9 Å². The molecule has 0 atom stereocenters. The molecule has 8 N–H and O–H groups in total. The largest absolute Gasteiger partial charge is 0.396 e. The van der Waals surface area contributed by atoms with E-state index in [2.05, 4.69) is 36.6 Å². The van der Waals surface area contributed by atoms with Gasteiger partial charge >= 0.3 is 0 Å². The summed E-state index contributed by atoms with van der Waals surface area (Å²) >= 11 is 0. The van der Waals surface area contributed by atoms with Crippen molar-refractivity contribution in [1.82, 2.24) is 0 Å². The van der Waals surface area contributed by atoms with E-state index >= 15 is 0 Å². The van der Waals surface area contributed by atoms with Crippen LogP contribution in [0.5, 0.6) is 0 Å². The first kappa shape index (κ1) is 42.6. The van der Waals surface area contributed by atoms with Gasteiger partial charge < -0.3 is 11.1 Å². The molecule has 0 saturated heterocycles. The molecule has 0 saturated carbocycles. The van der Waals surface area contributed by atoms with Gasteiger partial charge in [0.2, 0.25) is 5.78 Å². The van der Waals surface area contributed by atoms with Crippen LogP contribution in [0.4, 0.5) is 34.1 Å². The number of hydrogen-bond acceptors (Lipinski definition) is 16. The molecule has 5 aromatic rings. The van der Waals surface area contributed by atoms with Gasteiger partial charge in [-0.2, -0.15) is 40.6 Å². The number of nitrogens with zero attached hydrogens (tertiary/aromatic N) is 4. The number of hydrogen-bond donors (Lipinski definition) is 7. The van der Waals surface area contributed by atoms with Crippen LogP contribution < -0.4 is 21.9 Å². The van der Waals surface area contributed by atoms with Gasteiger partial charge in [-0.25, -0.2) is 0 Å². The highest BCUT2D eigenvalue weighted by atomic mass is 32.2. The number of amides is 1. The predicted octanol–water partition coefficient (Wildman–Crippen LogP) is 5.89. The van der Waals surface area contributed by atoms with Gasteiger partial charge in [0, 0.05) is 22.4 Å². The zero-order valence-electron chi connectivity index (χ0n) is 31.2. The molecule has 5 aromatic carbocycles. The van der Waals surface area contributed by atoms with Gasteiger partial charge in [0.1, 0.15) is 20.4 Å². The molecule has 0 spiro atoms. The second-order valence-corrected chi connectivity index (χ2v) is 17.2. The predicted molar refractivity (Wildman–Crippen MR) is 227 cm³/mol. The maximum atomic E-state index is 13.7. The third kappa shape index (κ3) is 8.97. The van der Waals surface area contributed by atoms with E-state index < -0.39 is 85.2 Å². The lowest BCUT2D eigenvalue weighted by Crippen LogP contribution is -2.28. The molecule has 1 amide bonds. The fourth-order valence-electron chi connectivity index (χ4n) is 6.11. The van der Waals surface area contributed by atoms with Crippen LogP contribution in [0.25, 0.3) is 6.08 Å². The number of benzene rings is 5. The standard InChI is InChI=1S/C39H28N8O12S3/c40-35-33-22(20-32(62(57,58)59)37(38(33)49)47-43-24-5-2-1-3-6-24)19-31(61(54,55)56)36(35)46-44-25-11-9-21(10-12-25)39(50)41-23-13-15-26(16-14-23)42-45-28-17-18-29(48)27-7-4-8-30(34(27)28)60(51,52)53/h1-20,42-43H,40H2,(H,41,50)(H,51,52,53)(H,54,55,56)(H,57,58,59)/b45-28+,46-44?,47-37+. The Morgan fingerprint density at radius 1 is 0.629 bits per heavy atom. The summed E-state index contributed by atoms with van der Waals surface area (Å²) in [6, 6.07) is 24.3. The van der Waals surface area contributed by atoms with Gasteiger partial charge in [-0.3, -0.25) is 38.9 Å². The Balaban J connectivity index is 1.08. The van der Waals surface area contributed by atoms with Crippen molar-refractivity contribution >= 4 is 99.5 Å². The summed E-state index contributed by atoms with van der Waals surface area (Å²) in [4.78, 5) is 36.7. The molecule has 7 rings (SSSR count). The monoisotopic (exact) mass is 896 g/mol. The van der Waals surface area contributed by atoms with Gasteiger partial charge in [-0.15, -0.1) is 5.11 Å². The first-order valence-corrected chi connectivity index (χ1v) is 21.8. The van der Waals surface area contributed by atoms with Crippen molar-refractivity contribution in [2.24, 2.45) is 20.4 Å². The summed E-state index contributed by atoms with van der Waals surface area (Å²) in [6.45, 7) is 0. The van der Waals surface area contributed by atoms with Crippen molar-refractivity contribution in [3.8, 4) is 0 Å². The fourth-order valence-corrected chi connectivity index (χ4v) is 8.16. The maximum Gasteiger partial charge on any atom is 0.296 e. The summed E-state index contributed by atoms with van der Waals surface area (Å²) in [6.07, 6.45) is 3.28. The zero-order chi connectivity index (χ0) is 44.6. The fraction of sp³-hybridized carbons (Fsp3) is 0. The number of carbonyl (C=O) groups is 3. The minimum Gasteiger partial charge on any atom is -0.396 e. The van der Waals surface area contributed by atoms with E-state index in [4.69, 9.17) is 5.73 Å². The SMILES string of the molecule is Nc1c(N=Nc2ccc(C(=O)Nc3ccc(N/N=C4\C=CC(=O)c5cccc(S(=O)(=O)O)c54)cc3)cc2)c(S(=O)(=O)O)cc2c1C(=O)/C(=N/Nc1ccccc1)C(S(=O)(=O)O)=C2. The molecule has 62 heavy (non-hydrogen) atoms. The Morgan fingerprint density at radius 2 is 1.26 bits per heavy atom. The number of anilines is 4. The molecule has 0 heterocycles. The molecule has 0 aliphatic heterocycles. The van der Waals surface area contributed by atoms with E-state index in [1.807, 2.05) is 0 Å². The third-order valence-corrected chi connectivity index (χ3v) is 11.6. The van der Waals surface area contributed by atoms with Crippen molar-refractivity contribution in [1.29, 1.82) is 0 Å². The molecule has 0 radical (unpaired) electrons. The zero-order valence-corrected chi connectivity index (χ0v) is 33.6. The van der Waals surface area contributed by atoms with Crippen molar-refractivity contribution in [2.45, 2.75) is 9.79 Å². The molecular weight excluding hydrogens is 869 g/mol. The van der Waals surface area contributed by atoms with Crippen LogP contribution in [-0.2, 0) is 30.4 Å². The van der Waals surface area contributed by atoms with Crippen molar-refractivity contribution in [3.05, 3.63) is 148 Å². The van der Waals surface area contributed by atoms with Crippen LogP contribution in [0.15, 0.2) is 150 Å². The minimum absolute atomic E-state index is 0.0391. The smallest absolute Gasteiger partial charge is 0.296 e. The number of hydrazone groups is 2. The molecule has 2 aliphatic carbocycles. The molecule has 0 fully saturated rings. The Morgan fingerprint density at radius 3 is 1.90 bits per heavy atom. The summed E-state index contributed by atoms with van der Waals surface area (Å²) < 4.78 is 103. The number of nitrogens with one attached hydrogen (secondary N) is 3. The summed E-state index contributed by atoms with van der Waals surface area (Å²) in [5.41, 5.74) is 9.96. The Hall–Kier alpha value is -7.54. The number of allylic oxidation sites excluding steroid dienone is 3. The molecule has 314 valence electrons. The van der Waals surface area contributed by atoms with E-state index in [1.165, 1.54) is 60.7 Å². The van der Waals surface area contributed by atoms with Crippen LogP contribution in [0, 0.1) is 0 Å². The normalized spacial score (nSPS) is 15.3. The quantitative estimate of drug-likeness (QED) is 0.0352. The lowest BCUT2D eigenvalue weighted by Gasteiger charge is -2.20. The van der Waals surface area contributed by atoms with Gasteiger partial charge in [0.05, 0.1) is 34.0 Å². The van der Waals surface area contributed by atoms with E-state index in [0.29, 0.717) is 17.1 Å². The Kier molecular flexibility index (Phi) is 11.3. The topological polar surface area (TPSA) is 326 Å². The number of nitrogen functional groups attached to an aromatic ring is 1. The number of ketones is 2. The summed E-state index contributed by atoms with van der Waals surface area (Å²) in [5.74, 6) is -2.15. The van der Waals surface area contributed by atoms with Crippen LogP contribution in [-0.4, -0.2) is 67.8 Å². The van der Waals surface area contributed by atoms with Crippen LogP contribution in [0.1, 0.15) is 42.2 Å². The first-order chi connectivity index (χ1) is 29.3. The highest BCUT2D eigenvalue weighted by Gasteiger charge is 2.37. The Labute approximate surface area is 351 Å². The molecule has 0 unspecified atom stereocenters. The van der Waals surface area contributed by atoms with E-state index in [0.717, 1.165) is 18.2 Å². The number of azo groups is 1. The van der Waals surface area contributed by atoms with E-state index in [1.54, 1.807) is 42.5 Å².